The van der Waals surface area contributed by atoms with Crippen molar-refractivity contribution < 1.29 is 0 Å². The number of hydrogen-bond acceptors (Lipinski definition) is 4. The largest absolute Gasteiger partial charge is 0.309 e. The molecular formula is C12H18N4S. The highest BCUT2D eigenvalue weighted by molar-refractivity contribution is 8.05. The van der Waals surface area contributed by atoms with Crippen LogP contribution in [0.2, 0.25) is 0 Å². The van der Waals surface area contributed by atoms with Gasteiger partial charge in [0.2, 0.25) is 0 Å². The fraction of sp³-hybridized carbons (Fsp3) is 0.500. The molecule has 0 atom stereocenters. The smallest absolute Gasteiger partial charge is 0.160 e. The number of rotatable bonds is 3. The van der Waals surface area contributed by atoms with Gasteiger partial charge in [-0.1, -0.05) is 6.08 Å². The summed E-state index contributed by atoms with van der Waals surface area (Å²) in [7, 11) is 2.11. The summed E-state index contributed by atoms with van der Waals surface area (Å²) >= 11 is 1.68. The Balaban J connectivity index is 2.20. The van der Waals surface area contributed by atoms with Crippen molar-refractivity contribution >= 4 is 17.3 Å². The zero-order valence-corrected chi connectivity index (χ0v) is 11.4. The Morgan fingerprint density at radius 1 is 1.35 bits per heavy atom. The van der Waals surface area contributed by atoms with E-state index in [2.05, 4.69) is 44.5 Å². The van der Waals surface area contributed by atoms with Crippen molar-refractivity contribution in [2.45, 2.75) is 26.9 Å². The number of thioether (sulfide) groups is 1. The van der Waals surface area contributed by atoms with Gasteiger partial charge in [0.1, 0.15) is 5.82 Å². The Kier molecular flexibility index (Phi) is 4.02. The number of nitrogens with zero attached hydrogens (tertiary/aromatic N) is 4. The quantitative estimate of drug-likeness (QED) is 0.824. The molecule has 0 N–H and O–H groups in total. The Morgan fingerprint density at radius 2 is 2.18 bits per heavy atom. The topological polar surface area (TPSA) is 34.0 Å². The van der Waals surface area contributed by atoms with Gasteiger partial charge in [-0.25, -0.2) is 0 Å². The van der Waals surface area contributed by atoms with Crippen molar-refractivity contribution in [2.24, 2.45) is 0 Å². The molecule has 0 fully saturated rings. The predicted octanol–water partition coefficient (Wildman–Crippen LogP) is 2.35. The summed E-state index contributed by atoms with van der Waals surface area (Å²) in [5.41, 5.74) is 1.18. The van der Waals surface area contributed by atoms with Crippen LogP contribution in [0.5, 0.6) is 0 Å². The maximum absolute atomic E-state index is 4.29. The van der Waals surface area contributed by atoms with Crippen LogP contribution in [-0.4, -0.2) is 33.3 Å². The zero-order valence-electron chi connectivity index (χ0n) is 10.6. The summed E-state index contributed by atoms with van der Waals surface area (Å²) in [6, 6.07) is 0. The highest BCUT2D eigenvalue weighted by atomic mass is 32.2. The van der Waals surface area contributed by atoms with E-state index < -0.39 is 0 Å². The molecule has 0 spiro atoms. The minimum absolute atomic E-state index is 0.891. The Labute approximate surface area is 106 Å². The molecule has 1 aliphatic heterocycles. The number of allylic oxidation sites excluding steroid dienone is 2. The number of aromatic nitrogens is 3. The van der Waals surface area contributed by atoms with Crippen LogP contribution >= 0.6 is 11.8 Å². The summed E-state index contributed by atoms with van der Waals surface area (Å²) < 4.78 is 2.22. The first kappa shape index (κ1) is 12.4. The third-order valence-electron chi connectivity index (χ3n) is 2.76. The molecule has 5 heteroatoms. The molecule has 1 aromatic rings. The number of hydrogen-bond donors (Lipinski definition) is 0. The number of fused-ring (bicyclic) bond motifs is 1. The molecule has 17 heavy (non-hydrogen) atoms. The zero-order chi connectivity index (χ0) is 12.3. The second kappa shape index (κ2) is 5.51. The molecule has 0 radical (unpaired) electrons. The molecule has 1 aromatic heterocycles. The van der Waals surface area contributed by atoms with Crippen LogP contribution in [0.4, 0.5) is 0 Å². The van der Waals surface area contributed by atoms with Crippen LogP contribution < -0.4 is 0 Å². The summed E-state index contributed by atoms with van der Waals surface area (Å²) in [6.45, 7) is 7.04. The van der Waals surface area contributed by atoms with E-state index in [9.17, 15) is 0 Å². The lowest BCUT2D eigenvalue weighted by molar-refractivity contribution is 0.264. The molecule has 0 saturated heterocycles. The maximum Gasteiger partial charge on any atom is 0.160 e. The standard InChI is InChI=1S/C12H18N4S/c1-4-7-17-9-10(2)12-14-13-11-8-15(3)5-6-16(11)12/h4,7,9H,5-6,8H2,1-3H3/b7-4-,10-9+. The van der Waals surface area contributed by atoms with Crippen LogP contribution in [0.25, 0.3) is 5.57 Å². The predicted molar refractivity (Wildman–Crippen MR) is 72.4 cm³/mol. The summed E-state index contributed by atoms with van der Waals surface area (Å²) in [5, 5.41) is 12.7. The summed E-state index contributed by atoms with van der Waals surface area (Å²) in [4.78, 5) is 2.27. The molecule has 2 heterocycles. The minimum Gasteiger partial charge on any atom is -0.309 e. The molecule has 2 rings (SSSR count). The van der Waals surface area contributed by atoms with Crippen molar-refractivity contribution in [3.63, 3.8) is 0 Å². The van der Waals surface area contributed by atoms with E-state index in [1.165, 1.54) is 5.57 Å². The fourth-order valence-corrected chi connectivity index (χ4v) is 2.39. The van der Waals surface area contributed by atoms with Crippen LogP contribution in [0.1, 0.15) is 25.5 Å². The van der Waals surface area contributed by atoms with Gasteiger partial charge in [0.05, 0.1) is 6.54 Å². The Bertz CT molecular complexity index is 447. The van der Waals surface area contributed by atoms with Crippen molar-refractivity contribution in [1.82, 2.24) is 19.7 Å². The third-order valence-corrected chi connectivity index (χ3v) is 3.68. The second-order valence-electron chi connectivity index (χ2n) is 4.24. The van der Waals surface area contributed by atoms with Crippen molar-refractivity contribution in [3.05, 3.63) is 28.5 Å². The summed E-state index contributed by atoms with van der Waals surface area (Å²) in [6.07, 6.45) is 2.03. The molecule has 1 aliphatic rings. The van der Waals surface area contributed by atoms with Crippen molar-refractivity contribution in [3.8, 4) is 0 Å². The molecule has 92 valence electrons. The Morgan fingerprint density at radius 3 is 2.94 bits per heavy atom. The SMILES string of the molecule is C/C=C\S/C=C(\C)c1nnc2n1CCN(C)C2. The van der Waals surface area contributed by atoms with E-state index in [1.54, 1.807) is 11.8 Å². The monoisotopic (exact) mass is 250 g/mol. The van der Waals surface area contributed by atoms with Crippen LogP contribution in [0, 0.1) is 0 Å². The third kappa shape index (κ3) is 2.79. The van der Waals surface area contributed by atoms with Gasteiger partial charge in [-0.3, -0.25) is 4.90 Å². The van der Waals surface area contributed by atoms with Gasteiger partial charge in [-0.05, 0) is 31.7 Å². The molecule has 0 aliphatic carbocycles. The number of likely N-dealkylation sites (N-methyl/N-ethyl adjacent to an activating group) is 1. The molecule has 4 nitrogen and oxygen atoms in total. The lowest BCUT2D eigenvalue weighted by atomic mass is 10.3. The van der Waals surface area contributed by atoms with E-state index in [0.29, 0.717) is 0 Å². The van der Waals surface area contributed by atoms with E-state index in [4.69, 9.17) is 0 Å². The molecule has 0 saturated carbocycles. The van der Waals surface area contributed by atoms with Gasteiger partial charge in [0.15, 0.2) is 5.82 Å². The van der Waals surface area contributed by atoms with Crippen LogP contribution in [-0.2, 0) is 13.1 Å². The van der Waals surface area contributed by atoms with Crippen molar-refractivity contribution in [1.29, 1.82) is 0 Å². The van der Waals surface area contributed by atoms with E-state index in [0.717, 1.165) is 31.3 Å². The van der Waals surface area contributed by atoms with Crippen molar-refractivity contribution in [2.75, 3.05) is 13.6 Å². The maximum atomic E-state index is 4.29. The van der Waals surface area contributed by atoms with Crippen LogP contribution in [0.3, 0.4) is 0 Å². The molecule has 0 amide bonds. The highest BCUT2D eigenvalue weighted by Gasteiger charge is 2.19. The average Bonchev–Trinajstić information content (AvgIpc) is 2.72. The first-order valence-corrected chi connectivity index (χ1v) is 6.71. The molecular weight excluding hydrogens is 232 g/mol. The molecule has 0 aromatic carbocycles. The average molecular weight is 250 g/mol. The molecule has 0 bridgehead atoms. The van der Waals surface area contributed by atoms with E-state index in [-0.39, 0.29) is 0 Å². The van der Waals surface area contributed by atoms with E-state index >= 15 is 0 Å². The lowest BCUT2D eigenvalue weighted by Gasteiger charge is -2.23. The first-order chi connectivity index (χ1) is 8.22. The normalized spacial score (nSPS) is 17.7. The highest BCUT2D eigenvalue weighted by Crippen LogP contribution is 2.20. The fourth-order valence-electron chi connectivity index (χ4n) is 1.84. The molecule has 0 unspecified atom stereocenters. The van der Waals surface area contributed by atoms with Gasteiger partial charge >= 0.3 is 0 Å². The minimum atomic E-state index is 0.891. The first-order valence-electron chi connectivity index (χ1n) is 5.76. The lowest BCUT2D eigenvalue weighted by Crippen LogP contribution is -2.31. The Hall–Kier alpha value is -1.07. The van der Waals surface area contributed by atoms with E-state index in [1.807, 2.05) is 13.0 Å². The van der Waals surface area contributed by atoms with Gasteiger partial charge in [-0.2, -0.15) is 0 Å². The van der Waals surface area contributed by atoms with Gasteiger partial charge in [0, 0.05) is 18.7 Å². The van der Waals surface area contributed by atoms with Gasteiger partial charge in [0.25, 0.3) is 0 Å². The van der Waals surface area contributed by atoms with Gasteiger partial charge < -0.3 is 4.57 Å². The van der Waals surface area contributed by atoms with Gasteiger partial charge in [-0.15, -0.1) is 22.0 Å². The summed E-state index contributed by atoms with van der Waals surface area (Å²) in [5.74, 6) is 2.07. The van der Waals surface area contributed by atoms with Crippen LogP contribution in [0.15, 0.2) is 16.9 Å². The second-order valence-corrected chi connectivity index (χ2v) is 5.02.